The van der Waals surface area contributed by atoms with Crippen molar-refractivity contribution in [2.45, 2.75) is 70.3 Å². The smallest absolute Gasteiger partial charge is 0.342 e. The van der Waals surface area contributed by atoms with E-state index in [9.17, 15) is 35.9 Å². The van der Waals surface area contributed by atoms with Crippen LogP contribution >= 0.6 is 0 Å². The van der Waals surface area contributed by atoms with Crippen LogP contribution in [0.15, 0.2) is 18.2 Å². The number of piperidine rings is 1. The first-order chi connectivity index (χ1) is 15.7. The van der Waals surface area contributed by atoms with Crippen LogP contribution in [0.4, 0.5) is 32.0 Å². The second-order valence-corrected chi connectivity index (χ2v) is 9.71. The molecular formula is C23H29F6N3O2. The van der Waals surface area contributed by atoms with E-state index >= 15 is 0 Å². The van der Waals surface area contributed by atoms with Gasteiger partial charge in [-0.1, -0.05) is 19.8 Å². The van der Waals surface area contributed by atoms with E-state index in [1.165, 1.54) is 0 Å². The summed E-state index contributed by atoms with van der Waals surface area (Å²) in [5.74, 6) is -0.864. The Kier molecular flexibility index (Phi) is 7.54. The quantitative estimate of drug-likeness (QED) is 0.567. The third kappa shape index (κ3) is 6.43. The minimum Gasteiger partial charge on any atom is -0.342 e. The van der Waals surface area contributed by atoms with Crippen molar-refractivity contribution in [3.8, 4) is 0 Å². The summed E-state index contributed by atoms with van der Waals surface area (Å²) in [5, 5.41) is 2.19. The van der Waals surface area contributed by atoms with Gasteiger partial charge in [0, 0.05) is 31.2 Å². The monoisotopic (exact) mass is 493 g/mol. The molecule has 0 unspecified atom stereocenters. The van der Waals surface area contributed by atoms with E-state index in [1.54, 1.807) is 4.90 Å². The first kappa shape index (κ1) is 26.3. The van der Waals surface area contributed by atoms with Gasteiger partial charge in [0.2, 0.25) is 11.8 Å². The average molecular weight is 493 g/mol. The van der Waals surface area contributed by atoms with Crippen LogP contribution in [0.1, 0.15) is 63.0 Å². The number of nitrogens with one attached hydrogen (secondary N) is 1. The van der Waals surface area contributed by atoms with Crippen molar-refractivity contribution < 1.29 is 35.9 Å². The summed E-state index contributed by atoms with van der Waals surface area (Å²) < 4.78 is 78.3. The Bertz CT molecular complexity index is 875. The zero-order valence-electron chi connectivity index (χ0n) is 18.9. The Labute approximate surface area is 194 Å². The van der Waals surface area contributed by atoms with Crippen LogP contribution in [-0.4, -0.2) is 35.8 Å². The summed E-state index contributed by atoms with van der Waals surface area (Å²) in [5.41, 5.74) is 2.04. The van der Waals surface area contributed by atoms with Crippen molar-refractivity contribution in [1.29, 1.82) is 0 Å². The van der Waals surface area contributed by atoms with Gasteiger partial charge in [0.05, 0.1) is 17.0 Å². The maximum absolute atomic E-state index is 13.0. The van der Waals surface area contributed by atoms with Crippen LogP contribution in [0.25, 0.3) is 0 Å². The van der Waals surface area contributed by atoms with Crippen LogP contribution < -0.4 is 11.1 Å². The van der Waals surface area contributed by atoms with Crippen molar-refractivity contribution in [1.82, 2.24) is 4.90 Å². The van der Waals surface area contributed by atoms with Crippen LogP contribution in [0, 0.1) is 11.3 Å². The fourth-order valence-electron chi connectivity index (χ4n) is 4.76. The van der Waals surface area contributed by atoms with Crippen molar-refractivity contribution in [3.63, 3.8) is 0 Å². The number of carbonyl (C=O) groups is 2. The molecular weight excluding hydrogens is 464 g/mol. The van der Waals surface area contributed by atoms with Gasteiger partial charge in [0.1, 0.15) is 0 Å². The zero-order valence-corrected chi connectivity index (χ0v) is 18.9. The molecule has 0 spiro atoms. The number of benzene rings is 1. The van der Waals surface area contributed by atoms with E-state index in [0.29, 0.717) is 38.1 Å². The van der Waals surface area contributed by atoms with Crippen LogP contribution in [-0.2, 0) is 21.9 Å². The third-order valence-electron chi connectivity index (χ3n) is 6.88. The van der Waals surface area contributed by atoms with Crippen molar-refractivity contribution in [3.05, 3.63) is 29.3 Å². The van der Waals surface area contributed by atoms with E-state index in [1.807, 2.05) is 6.92 Å². The Morgan fingerprint density at radius 3 is 2.03 bits per heavy atom. The molecule has 34 heavy (non-hydrogen) atoms. The fourth-order valence-corrected chi connectivity index (χ4v) is 4.76. The lowest BCUT2D eigenvalue weighted by Gasteiger charge is -2.41. The van der Waals surface area contributed by atoms with E-state index < -0.39 is 40.5 Å². The molecule has 1 aromatic rings. The molecule has 0 aromatic heterocycles. The minimum absolute atomic E-state index is 0.0158. The predicted octanol–water partition coefficient (Wildman–Crippen LogP) is 5.20. The normalized spacial score (nSPS) is 23.5. The largest absolute Gasteiger partial charge is 0.416 e. The van der Waals surface area contributed by atoms with Crippen molar-refractivity contribution in [2.24, 2.45) is 17.1 Å². The Balaban J connectivity index is 1.62. The SMILES string of the molecule is CC1(CC(=O)Nc2cc(C(F)(F)F)cc(C(F)(F)F)c2)CCN(C(=O)[C@H]2CCCC[C@@H]2N)CC1. The summed E-state index contributed by atoms with van der Waals surface area (Å²) in [6.45, 7) is 2.68. The summed E-state index contributed by atoms with van der Waals surface area (Å²) in [4.78, 5) is 27.1. The summed E-state index contributed by atoms with van der Waals surface area (Å²) >= 11 is 0. The number of alkyl halides is 6. The number of hydrogen-bond donors (Lipinski definition) is 2. The molecule has 11 heteroatoms. The third-order valence-corrected chi connectivity index (χ3v) is 6.88. The lowest BCUT2D eigenvalue weighted by molar-refractivity contribution is -0.143. The molecule has 190 valence electrons. The van der Waals surface area contributed by atoms with Gasteiger partial charge >= 0.3 is 12.4 Å². The molecule has 1 heterocycles. The highest BCUT2D eigenvalue weighted by molar-refractivity contribution is 5.91. The first-order valence-corrected chi connectivity index (χ1v) is 11.3. The van der Waals surface area contributed by atoms with Gasteiger partial charge in [-0.15, -0.1) is 0 Å². The molecule has 0 bridgehead atoms. The van der Waals surface area contributed by atoms with Gasteiger partial charge in [-0.25, -0.2) is 0 Å². The van der Waals surface area contributed by atoms with Crippen molar-refractivity contribution >= 4 is 17.5 Å². The van der Waals surface area contributed by atoms with Gasteiger partial charge in [-0.2, -0.15) is 26.3 Å². The molecule has 1 aliphatic heterocycles. The van der Waals surface area contributed by atoms with Gasteiger partial charge < -0.3 is 16.0 Å². The first-order valence-electron chi connectivity index (χ1n) is 11.3. The van der Waals surface area contributed by atoms with Gasteiger partial charge in [0.15, 0.2) is 0 Å². The van der Waals surface area contributed by atoms with Gasteiger partial charge in [0.25, 0.3) is 0 Å². The Morgan fingerprint density at radius 1 is 1.00 bits per heavy atom. The summed E-state index contributed by atoms with van der Waals surface area (Å²) in [6, 6.07) is 0.838. The molecule has 2 aliphatic rings. The lowest BCUT2D eigenvalue weighted by Crippen LogP contribution is -2.49. The molecule has 3 N–H and O–H groups in total. The lowest BCUT2D eigenvalue weighted by atomic mass is 9.76. The van der Waals surface area contributed by atoms with Crippen LogP contribution in [0.5, 0.6) is 0 Å². The number of carbonyl (C=O) groups excluding carboxylic acids is 2. The highest BCUT2D eigenvalue weighted by atomic mass is 19.4. The van der Waals surface area contributed by atoms with E-state index in [0.717, 1.165) is 25.7 Å². The Hall–Kier alpha value is -2.30. The van der Waals surface area contributed by atoms with Crippen LogP contribution in [0.3, 0.4) is 0 Å². The maximum Gasteiger partial charge on any atom is 0.416 e. The number of rotatable bonds is 4. The molecule has 3 rings (SSSR count). The molecule has 1 saturated carbocycles. The van der Waals surface area contributed by atoms with E-state index in [-0.39, 0.29) is 30.4 Å². The van der Waals surface area contributed by atoms with E-state index in [4.69, 9.17) is 5.73 Å². The Morgan fingerprint density at radius 2 is 1.53 bits per heavy atom. The van der Waals surface area contributed by atoms with Crippen LogP contribution in [0.2, 0.25) is 0 Å². The number of nitrogens with zero attached hydrogens (tertiary/aromatic N) is 1. The van der Waals surface area contributed by atoms with Crippen molar-refractivity contribution in [2.75, 3.05) is 18.4 Å². The summed E-state index contributed by atoms with van der Waals surface area (Å²) in [6.07, 6.45) is -5.55. The predicted molar refractivity (Wildman–Crippen MR) is 114 cm³/mol. The molecule has 2 atom stereocenters. The van der Waals surface area contributed by atoms with Gasteiger partial charge in [-0.05, 0) is 49.3 Å². The number of likely N-dealkylation sites (tertiary alicyclic amines) is 1. The highest BCUT2D eigenvalue weighted by Gasteiger charge is 2.39. The number of anilines is 1. The molecule has 2 amide bonds. The minimum atomic E-state index is -4.99. The molecule has 1 aliphatic carbocycles. The van der Waals surface area contributed by atoms with Gasteiger partial charge in [-0.3, -0.25) is 9.59 Å². The topological polar surface area (TPSA) is 75.4 Å². The number of hydrogen-bond acceptors (Lipinski definition) is 3. The number of halogens is 6. The standard InChI is InChI=1S/C23H29F6N3O2/c1-21(6-8-32(9-7-21)20(34)17-4-2-3-5-18(17)30)13-19(33)31-16-11-14(22(24,25)26)10-15(12-16)23(27,28)29/h10-12,17-18H,2-9,13,30H2,1H3,(H,31,33)/t17-,18-/m0/s1. The summed E-state index contributed by atoms with van der Waals surface area (Å²) in [7, 11) is 0. The average Bonchev–Trinajstić information content (AvgIpc) is 2.72. The molecule has 1 saturated heterocycles. The zero-order chi connectivity index (χ0) is 25.3. The fraction of sp³-hybridized carbons (Fsp3) is 0.652. The maximum atomic E-state index is 13.0. The second-order valence-electron chi connectivity index (χ2n) is 9.71. The van der Waals surface area contributed by atoms with E-state index in [2.05, 4.69) is 5.32 Å². The molecule has 2 fully saturated rings. The molecule has 0 radical (unpaired) electrons. The second kappa shape index (κ2) is 9.75. The molecule has 5 nitrogen and oxygen atoms in total. The number of nitrogens with two attached hydrogens (primary N) is 1. The molecule has 1 aromatic carbocycles. The highest BCUT2D eigenvalue weighted by Crippen LogP contribution is 2.39. The number of amides is 2.